The third-order valence-electron chi connectivity index (χ3n) is 5.06. The van der Waals surface area contributed by atoms with Gasteiger partial charge in [-0.2, -0.15) is 0 Å². The minimum absolute atomic E-state index is 0.0277. The van der Waals surface area contributed by atoms with E-state index in [2.05, 4.69) is 61.0 Å². The summed E-state index contributed by atoms with van der Waals surface area (Å²) >= 11 is 3.49. The van der Waals surface area contributed by atoms with E-state index in [0.29, 0.717) is 13.0 Å². The standard InChI is InChI=1S/C22H24BrN3O2/c23-19-3-6-21-18(15-19)7-9-26(21)10-8-22(27)24-20-4-1-17(2-5-20)16-25-11-13-28-14-12-25/h1-7,9,15H,8,10-14,16H2,(H,24,27). The molecular weight excluding hydrogens is 418 g/mol. The van der Waals surface area contributed by atoms with Crippen molar-refractivity contribution in [2.75, 3.05) is 31.6 Å². The molecule has 1 fully saturated rings. The Morgan fingerprint density at radius 3 is 2.64 bits per heavy atom. The molecule has 0 bridgehead atoms. The molecular formula is C22H24BrN3O2. The van der Waals surface area contributed by atoms with Gasteiger partial charge in [0.2, 0.25) is 5.91 Å². The smallest absolute Gasteiger partial charge is 0.226 e. The van der Waals surface area contributed by atoms with Crippen molar-refractivity contribution in [2.45, 2.75) is 19.5 Å². The Morgan fingerprint density at radius 1 is 1.07 bits per heavy atom. The van der Waals surface area contributed by atoms with Crippen LogP contribution in [0, 0.1) is 0 Å². The summed E-state index contributed by atoms with van der Waals surface area (Å²) < 4.78 is 8.57. The molecule has 4 rings (SSSR count). The molecule has 0 unspecified atom stereocenters. The summed E-state index contributed by atoms with van der Waals surface area (Å²) in [6, 6.07) is 16.4. The number of hydrogen-bond acceptors (Lipinski definition) is 3. The number of morpholine rings is 1. The van der Waals surface area contributed by atoms with Gasteiger partial charge in [-0.25, -0.2) is 0 Å². The van der Waals surface area contributed by atoms with E-state index < -0.39 is 0 Å². The number of carbonyl (C=O) groups is 1. The molecule has 1 saturated heterocycles. The molecule has 0 spiro atoms. The summed E-state index contributed by atoms with van der Waals surface area (Å²) in [5.74, 6) is 0.0277. The van der Waals surface area contributed by atoms with Crippen molar-refractivity contribution in [1.29, 1.82) is 0 Å². The predicted molar refractivity (Wildman–Crippen MR) is 115 cm³/mol. The normalized spacial score (nSPS) is 15.0. The Morgan fingerprint density at radius 2 is 1.86 bits per heavy atom. The first kappa shape index (κ1) is 19.2. The van der Waals surface area contributed by atoms with Gasteiger partial charge in [0.05, 0.1) is 13.2 Å². The van der Waals surface area contributed by atoms with Gasteiger partial charge in [0.15, 0.2) is 0 Å². The van der Waals surface area contributed by atoms with E-state index in [1.54, 1.807) is 0 Å². The molecule has 0 atom stereocenters. The first-order chi connectivity index (χ1) is 13.7. The molecule has 28 heavy (non-hydrogen) atoms. The molecule has 0 radical (unpaired) electrons. The van der Waals surface area contributed by atoms with Crippen molar-refractivity contribution >= 4 is 38.4 Å². The minimum Gasteiger partial charge on any atom is -0.379 e. The van der Waals surface area contributed by atoms with Crippen LogP contribution >= 0.6 is 15.9 Å². The third-order valence-corrected chi connectivity index (χ3v) is 5.55. The Kier molecular flexibility index (Phi) is 6.10. The second-order valence-electron chi connectivity index (χ2n) is 7.10. The average Bonchev–Trinajstić information content (AvgIpc) is 3.11. The number of benzene rings is 2. The molecule has 1 amide bonds. The Balaban J connectivity index is 1.29. The fraction of sp³-hybridized carbons (Fsp3) is 0.318. The van der Waals surface area contributed by atoms with Crippen molar-refractivity contribution in [3.63, 3.8) is 0 Å². The second kappa shape index (κ2) is 8.90. The number of anilines is 1. The van der Waals surface area contributed by atoms with E-state index in [-0.39, 0.29) is 5.91 Å². The highest BCUT2D eigenvalue weighted by Crippen LogP contribution is 2.21. The van der Waals surface area contributed by atoms with Gasteiger partial charge in [-0.15, -0.1) is 0 Å². The van der Waals surface area contributed by atoms with Crippen molar-refractivity contribution in [3.8, 4) is 0 Å². The second-order valence-corrected chi connectivity index (χ2v) is 8.01. The number of aromatic nitrogens is 1. The number of ether oxygens (including phenoxy) is 1. The van der Waals surface area contributed by atoms with Crippen LogP contribution in [0.5, 0.6) is 0 Å². The highest BCUT2D eigenvalue weighted by molar-refractivity contribution is 9.10. The predicted octanol–water partition coefficient (Wildman–Crippen LogP) is 4.26. The molecule has 146 valence electrons. The molecule has 3 aromatic rings. The van der Waals surface area contributed by atoms with E-state index in [4.69, 9.17) is 4.74 Å². The molecule has 0 saturated carbocycles. The Labute approximate surface area is 173 Å². The van der Waals surface area contributed by atoms with E-state index in [1.807, 2.05) is 24.4 Å². The van der Waals surface area contributed by atoms with Crippen molar-refractivity contribution < 1.29 is 9.53 Å². The molecule has 1 aliphatic rings. The zero-order valence-electron chi connectivity index (χ0n) is 15.7. The number of aryl methyl sites for hydroxylation is 1. The number of nitrogens with zero attached hydrogens (tertiary/aromatic N) is 2. The lowest BCUT2D eigenvalue weighted by Crippen LogP contribution is -2.35. The molecule has 1 N–H and O–H groups in total. The van der Waals surface area contributed by atoms with Crippen LogP contribution in [0.25, 0.3) is 10.9 Å². The van der Waals surface area contributed by atoms with Gasteiger partial charge >= 0.3 is 0 Å². The van der Waals surface area contributed by atoms with Crippen LogP contribution < -0.4 is 5.32 Å². The van der Waals surface area contributed by atoms with Crippen LogP contribution in [0.3, 0.4) is 0 Å². The van der Waals surface area contributed by atoms with Crippen LogP contribution in [0.2, 0.25) is 0 Å². The van der Waals surface area contributed by atoms with Crippen LogP contribution in [0.15, 0.2) is 59.2 Å². The highest BCUT2D eigenvalue weighted by atomic mass is 79.9. The number of amides is 1. The van der Waals surface area contributed by atoms with Crippen LogP contribution in [0.4, 0.5) is 5.69 Å². The lowest BCUT2D eigenvalue weighted by molar-refractivity contribution is -0.116. The van der Waals surface area contributed by atoms with Crippen LogP contribution in [0.1, 0.15) is 12.0 Å². The lowest BCUT2D eigenvalue weighted by atomic mass is 10.2. The van der Waals surface area contributed by atoms with Crippen LogP contribution in [-0.2, 0) is 22.6 Å². The average molecular weight is 442 g/mol. The number of hydrogen-bond donors (Lipinski definition) is 1. The number of halogens is 1. The first-order valence-corrected chi connectivity index (χ1v) is 10.4. The number of fused-ring (bicyclic) bond motifs is 1. The largest absolute Gasteiger partial charge is 0.379 e. The van der Waals surface area contributed by atoms with Crippen molar-refractivity contribution in [3.05, 3.63) is 64.8 Å². The van der Waals surface area contributed by atoms with Gasteiger partial charge in [0, 0.05) is 59.9 Å². The zero-order valence-corrected chi connectivity index (χ0v) is 17.3. The quantitative estimate of drug-likeness (QED) is 0.621. The van der Waals surface area contributed by atoms with Crippen molar-refractivity contribution in [2.24, 2.45) is 0 Å². The van der Waals surface area contributed by atoms with Gasteiger partial charge in [0.25, 0.3) is 0 Å². The van der Waals surface area contributed by atoms with Crippen LogP contribution in [-0.4, -0.2) is 41.7 Å². The summed E-state index contributed by atoms with van der Waals surface area (Å²) in [4.78, 5) is 14.7. The summed E-state index contributed by atoms with van der Waals surface area (Å²) in [6.45, 7) is 5.15. The fourth-order valence-electron chi connectivity index (χ4n) is 3.52. The van der Waals surface area contributed by atoms with E-state index in [9.17, 15) is 4.79 Å². The molecule has 6 heteroatoms. The zero-order chi connectivity index (χ0) is 19.3. The van der Waals surface area contributed by atoms with Gasteiger partial charge < -0.3 is 14.6 Å². The summed E-state index contributed by atoms with van der Waals surface area (Å²) in [6.07, 6.45) is 2.47. The molecule has 1 aromatic heterocycles. The fourth-order valence-corrected chi connectivity index (χ4v) is 3.90. The third kappa shape index (κ3) is 4.82. The highest BCUT2D eigenvalue weighted by Gasteiger charge is 2.11. The summed E-state index contributed by atoms with van der Waals surface area (Å²) in [5.41, 5.74) is 3.24. The van der Waals surface area contributed by atoms with Gasteiger partial charge in [-0.05, 0) is 42.0 Å². The van der Waals surface area contributed by atoms with E-state index in [1.165, 1.54) is 10.9 Å². The summed E-state index contributed by atoms with van der Waals surface area (Å²) in [5, 5.41) is 4.17. The first-order valence-electron chi connectivity index (χ1n) is 9.61. The molecule has 1 aliphatic heterocycles. The number of nitrogens with one attached hydrogen (secondary N) is 1. The van der Waals surface area contributed by atoms with E-state index in [0.717, 1.165) is 48.5 Å². The molecule has 2 aromatic carbocycles. The maximum Gasteiger partial charge on any atom is 0.226 e. The maximum absolute atomic E-state index is 12.3. The number of carbonyl (C=O) groups excluding carboxylic acids is 1. The van der Waals surface area contributed by atoms with Crippen molar-refractivity contribution in [1.82, 2.24) is 9.47 Å². The topological polar surface area (TPSA) is 46.5 Å². The molecule has 2 heterocycles. The maximum atomic E-state index is 12.3. The van der Waals surface area contributed by atoms with Gasteiger partial charge in [0.1, 0.15) is 0 Å². The van der Waals surface area contributed by atoms with Gasteiger partial charge in [-0.3, -0.25) is 9.69 Å². The molecule has 5 nitrogen and oxygen atoms in total. The molecule has 0 aliphatic carbocycles. The monoisotopic (exact) mass is 441 g/mol. The Hall–Kier alpha value is -2.15. The van der Waals surface area contributed by atoms with Gasteiger partial charge in [-0.1, -0.05) is 28.1 Å². The Bertz CT molecular complexity index is 946. The SMILES string of the molecule is O=C(CCn1ccc2cc(Br)ccc21)Nc1ccc(CN2CCOCC2)cc1. The summed E-state index contributed by atoms with van der Waals surface area (Å²) in [7, 11) is 0. The minimum atomic E-state index is 0.0277. The van der Waals surface area contributed by atoms with E-state index >= 15 is 0 Å². The number of rotatable bonds is 6. The lowest BCUT2D eigenvalue weighted by Gasteiger charge is -2.26.